The SMILES string of the molecule is CC(CNS(=O)(=O)c1ccc(Br)c(F)c1)S(C)=O. The Balaban J connectivity index is 2.87. The summed E-state index contributed by atoms with van der Waals surface area (Å²) in [5.41, 5.74) is 0. The summed E-state index contributed by atoms with van der Waals surface area (Å²) >= 11 is 2.95. The lowest BCUT2D eigenvalue weighted by molar-refractivity contribution is 0.576. The summed E-state index contributed by atoms with van der Waals surface area (Å²) in [6, 6.07) is 3.55. The van der Waals surface area contributed by atoms with Gasteiger partial charge < -0.3 is 0 Å². The molecule has 0 bridgehead atoms. The smallest absolute Gasteiger partial charge is 0.240 e. The van der Waals surface area contributed by atoms with Gasteiger partial charge in [0.25, 0.3) is 0 Å². The first-order valence-corrected chi connectivity index (χ1v) is 8.90. The van der Waals surface area contributed by atoms with Crippen molar-refractivity contribution < 1.29 is 17.0 Å². The van der Waals surface area contributed by atoms with Crippen LogP contribution in [0.5, 0.6) is 0 Å². The second-order valence-corrected chi connectivity index (χ2v) is 8.16. The van der Waals surface area contributed by atoms with E-state index in [1.54, 1.807) is 6.92 Å². The molecule has 2 unspecified atom stereocenters. The van der Waals surface area contributed by atoms with E-state index in [1.807, 2.05) is 0 Å². The first-order valence-electron chi connectivity index (χ1n) is 5.01. The molecule has 0 amide bonds. The lowest BCUT2D eigenvalue weighted by Gasteiger charge is -2.10. The van der Waals surface area contributed by atoms with Crippen LogP contribution in [0.2, 0.25) is 0 Å². The molecule has 0 aliphatic rings. The Morgan fingerprint density at radius 2 is 2.11 bits per heavy atom. The number of hydrogen-bond acceptors (Lipinski definition) is 3. The van der Waals surface area contributed by atoms with Gasteiger partial charge in [0, 0.05) is 28.9 Å². The van der Waals surface area contributed by atoms with Crippen molar-refractivity contribution in [2.75, 3.05) is 12.8 Å². The zero-order valence-corrected chi connectivity index (χ0v) is 13.0. The third-order valence-electron chi connectivity index (χ3n) is 2.33. The highest BCUT2D eigenvalue weighted by Crippen LogP contribution is 2.19. The molecule has 0 heterocycles. The summed E-state index contributed by atoms with van der Waals surface area (Å²) in [6.45, 7) is 1.71. The molecule has 2 atom stereocenters. The van der Waals surface area contributed by atoms with E-state index in [4.69, 9.17) is 0 Å². The van der Waals surface area contributed by atoms with Gasteiger partial charge in [-0.1, -0.05) is 0 Å². The monoisotopic (exact) mass is 357 g/mol. The Morgan fingerprint density at radius 3 is 2.61 bits per heavy atom. The molecule has 1 rings (SSSR count). The topological polar surface area (TPSA) is 63.2 Å². The van der Waals surface area contributed by atoms with Crippen LogP contribution in [0.3, 0.4) is 0 Å². The number of rotatable bonds is 5. The molecule has 1 aromatic carbocycles. The molecule has 0 spiro atoms. The quantitative estimate of drug-likeness (QED) is 0.870. The summed E-state index contributed by atoms with van der Waals surface area (Å²) in [5, 5.41) is -0.305. The molecule has 1 aromatic rings. The van der Waals surface area contributed by atoms with Crippen molar-refractivity contribution in [1.82, 2.24) is 4.72 Å². The minimum atomic E-state index is -3.77. The normalized spacial score (nSPS) is 15.3. The number of halogens is 2. The minimum Gasteiger partial charge on any atom is -0.260 e. The Hall–Kier alpha value is -0.310. The predicted molar refractivity (Wildman–Crippen MR) is 72.8 cm³/mol. The Labute approximate surface area is 117 Å². The highest BCUT2D eigenvalue weighted by Gasteiger charge is 2.17. The minimum absolute atomic E-state index is 0.0448. The third kappa shape index (κ3) is 4.11. The number of nitrogens with one attached hydrogen (secondary N) is 1. The average Bonchev–Trinajstić information content (AvgIpc) is 2.29. The van der Waals surface area contributed by atoms with Crippen molar-refractivity contribution in [3.63, 3.8) is 0 Å². The zero-order chi connectivity index (χ0) is 13.9. The first-order chi connectivity index (χ1) is 8.24. The van der Waals surface area contributed by atoms with Crippen molar-refractivity contribution in [2.45, 2.75) is 17.1 Å². The number of sulfonamides is 1. The van der Waals surface area contributed by atoms with Crippen molar-refractivity contribution in [3.05, 3.63) is 28.5 Å². The lowest BCUT2D eigenvalue weighted by Crippen LogP contribution is -2.32. The van der Waals surface area contributed by atoms with E-state index in [0.29, 0.717) is 0 Å². The Bertz CT molecular complexity index is 562. The highest BCUT2D eigenvalue weighted by atomic mass is 79.9. The second kappa shape index (κ2) is 6.23. The summed E-state index contributed by atoms with van der Waals surface area (Å²) in [6.07, 6.45) is 1.50. The number of benzene rings is 1. The second-order valence-electron chi connectivity index (χ2n) is 3.74. The Morgan fingerprint density at radius 1 is 1.50 bits per heavy atom. The van der Waals surface area contributed by atoms with Gasteiger partial charge >= 0.3 is 0 Å². The van der Waals surface area contributed by atoms with E-state index in [0.717, 1.165) is 6.07 Å². The largest absolute Gasteiger partial charge is 0.260 e. The standard InChI is InChI=1S/C10H13BrFNO3S2/c1-7(17(2)14)6-13-18(15,16)8-3-4-9(11)10(12)5-8/h3-5,7,13H,6H2,1-2H3. The molecule has 0 saturated heterocycles. The van der Waals surface area contributed by atoms with Crippen molar-refractivity contribution in [3.8, 4) is 0 Å². The maximum Gasteiger partial charge on any atom is 0.240 e. The molecule has 0 fully saturated rings. The van der Waals surface area contributed by atoms with E-state index < -0.39 is 26.6 Å². The van der Waals surface area contributed by atoms with Crippen LogP contribution in [0.1, 0.15) is 6.92 Å². The predicted octanol–water partition coefficient (Wildman–Crippen LogP) is 1.63. The summed E-state index contributed by atoms with van der Waals surface area (Å²) in [7, 11) is -4.89. The van der Waals surface area contributed by atoms with Gasteiger partial charge in [0.1, 0.15) is 5.82 Å². The molecule has 18 heavy (non-hydrogen) atoms. The highest BCUT2D eigenvalue weighted by molar-refractivity contribution is 9.10. The van der Waals surface area contributed by atoms with Gasteiger partial charge in [-0.05, 0) is 41.1 Å². The third-order valence-corrected chi connectivity index (χ3v) is 5.69. The molecule has 0 aliphatic carbocycles. The molecule has 0 aliphatic heterocycles. The molecule has 8 heteroatoms. The van der Waals surface area contributed by atoms with Crippen LogP contribution in [0, 0.1) is 5.82 Å². The summed E-state index contributed by atoms with van der Waals surface area (Å²) < 4.78 is 50.5. The van der Waals surface area contributed by atoms with Gasteiger partial charge in [-0.15, -0.1) is 0 Å². The molecule has 1 N–H and O–H groups in total. The fourth-order valence-electron chi connectivity index (χ4n) is 1.07. The van der Waals surface area contributed by atoms with Gasteiger partial charge in [0.05, 0.1) is 9.37 Å². The zero-order valence-electron chi connectivity index (χ0n) is 9.81. The van der Waals surface area contributed by atoms with Crippen LogP contribution in [-0.2, 0) is 20.8 Å². The van der Waals surface area contributed by atoms with Crippen LogP contribution in [0.15, 0.2) is 27.6 Å². The van der Waals surface area contributed by atoms with Crippen molar-refractivity contribution >= 4 is 36.8 Å². The fraction of sp³-hybridized carbons (Fsp3) is 0.400. The van der Waals surface area contributed by atoms with E-state index in [9.17, 15) is 17.0 Å². The van der Waals surface area contributed by atoms with Crippen LogP contribution in [0.4, 0.5) is 4.39 Å². The van der Waals surface area contributed by atoms with Gasteiger partial charge in [-0.25, -0.2) is 17.5 Å². The van der Waals surface area contributed by atoms with Crippen LogP contribution >= 0.6 is 15.9 Å². The fourth-order valence-corrected chi connectivity index (χ4v) is 2.88. The van der Waals surface area contributed by atoms with Gasteiger partial charge in [-0.3, -0.25) is 4.21 Å². The van der Waals surface area contributed by atoms with Crippen LogP contribution in [-0.4, -0.2) is 30.7 Å². The van der Waals surface area contributed by atoms with Gasteiger partial charge in [0.15, 0.2) is 0 Å². The molecule has 0 radical (unpaired) electrons. The van der Waals surface area contributed by atoms with E-state index in [2.05, 4.69) is 20.7 Å². The molecule has 0 saturated carbocycles. The lowest BCUT2D eigenvalue weighted by atomic mass is 10.3. The average molecular weight is 358 g/mol. The van der Waals surface area contributed by atoms with E-state index in [-0.39, 0.29) is 21.2 Å². The number of hydrogen-bond donors (Lipinski definition) is 1. The molecular formula is C10H13BrFNO3S2. The van der Waals surface area contributed by atoms with Crippen LogP contribution in [0.25, 0.3) is 0 Å². The van der Waals surface area contributed by atoms with Crippen molar-refractivity contribution in [1.29, 1.82) is 0 Å². The molecular weight excluding hydrogens is 345 g/mol. The Kier molecular flexibility index (Phi) is 5.45. The maximum atomic E-state index is 13.2. The van der Waals surface area contributed by atoms with E-state index in [1.165, 1.54) is 18.4 Å². The molecule has 102 valence electrons. The summed E-state index contributed by atoms with van der Waals surface area (Å²) in [5.74, 6) is -0.648. The van der Waals surface area contributed by atoms with Crippen molar-refractivity contribution in [2.24, 2.45) is 0 Å². The van der Waals surface area contributed by atoms with Crippen LogP contribution < -0.4 is 4.72 Å². The first kappa shape index (κ1) is 15.7. The van der Waals surface area contributed by atoms with E-state index >= 15 is 0 Å². The van der Waals surface area contributed by atoms with Gasteiger partial charge in [0.2, 0.25) is 10.0 Å². The summed E-state index contributed by atoms with van der Waals surface area (Å²) in [4.78, 5) is -0.155. The maximum absolute atomic E-state index is 13.2. The van der Waals surface area contributed by atoms with Gasteiger partial charge in [-0.2, -0.15) is 0 Å². The molecule has 0 aromatic heterocycles. The molecule has 4 nitrogen and oxygen atoms in total.